The smallest absolute Gasteiger partial charge is 0.341 e. The van der Waals surface area contributed by atoms with Gasteiger partial charge in [0.15, 0.2) is 6.61 Å². The van der Waals surface area contributed by atoms with Gasteiger partial charge in [0.25, 0.3) is 5.91 Å². The van der Waals surface area contributed by atoms with Crippen LogP contribution in [0, 0.1) is 19.8 Å². The quantitative estimate of drug-likeness (QED) is 0.475. The maximum atomic E-state index is 12.5. The van der Waals surface area contributed by atoms with E-state index in [1.165, 1.54) is 11.8 Å². The van der Waals surface area contributed by atoms with Gasteiger partial charge in [-0.3, -0.25) is 10.1 Å². The Kier molecular flexibility index (Phi) is 8.26. The Morgan fingerprint density at radius 1 is 1.25 bits per heavy atom. The minimum absolute atomic E-state index is 0.0479. The molecule has 2 N–H and O–H groups in total. The van der Waals surface area contributed by atoms with E-state index in [1.807, 2.05) is 13.8 Å². The standard InChI is InChI=1S/C22H28N4O5S/c1-13-7-4-5-9-18(13)24-22(29)25-19(27)11-30-21(28)16-8-6-10-23-20(16)32-12-17-14(2)26-31-15(17)3/h6,8,10,13,18H,4-5,7,9,11-12H2,1-3H3,(H2,24,25,27,29). The average Bonchev–Trinajstić information content (AvgIpc) is 3.09. The highest BCUT2D eigenvalue weighted by Crippen LogP contribution is 2.27. The molecule has 2 aromatic rings. The second-order valence-electron chi connectivity index (χ2n) is 7.91. The van der Waals surface area contributed by atoms with E-state index in [4.69, 9.17) is 9.26 Å². The molecule has 32 heavy (non-hydrogen) atoms. The summed E-state index contributed by atoms with van der Waals surface area (Å²) in [4.78, 5) is 40.9. The fourth-order valence-corrected chi connectivity index (χ4v) is 4.75. The molecule has 0 spiro atoms. The zero-order valence-electron chi connectivity index (χ0n) is 18.5. The number of thioether (sulfide) groups is 1. The first kappa shape index (κ1) is 23.8. The average molecular weight is 461 g/mol. The van der Waals surface area contributed by atoms with Crippen LogP contribution in [-0.2, 0) is 15.3 Å². The molecule has 1 saturated carbocycles. The van der Waals surface area contributed by atoms with Crippen molar-refractivity contribution in [3.05, 3.63) is 40.9 Å². The zero-order valence-corrected chi connectivity index (χ0v) is 19.3. The maximum Gasteiger partial charge on any atom is 0.341 e. The molecule has 1 aliphatic rings. The lowest BCUT2D eigenvalue weighted by Gasteiger charge is -2.29. The summed E-state index contributed by atoms with van der Waals surface area (Å²) in [6.45, 7) is 5.20. The van der Waals surface area contributed by atoms with Gasteiger partial charge in [-0.25, -0.2) is 14.6 Å². The maximum absolute atomic E-state index is 12.5. The lowest BCUT2D eigenvalue weighted by Crippen LogP contribution is -2.48. The van der Waals surface area contributed by atoms with Crippen LogP contribution in [0.2, 0.25) is 0 Å². The first-order chi connectivity index (χ1) is 15.3. The van der Waals surface area contributed by atoms with Gasteiger partial charge in [-0.1, -0.05) is 24.9 Å². The Bertz CT molecular complexity index is 957. The number of rotatable bonds is 7. The van der Waals surface area contributed by atoms with Crippen molar-refractivity contribution in [2.75, 3.05) is 6.61 Å². The number of amides is 3. The minimum atomic E-state index is -0.687. The molecule has 9 nitrogen and oxygen atoms in total. The van der Waals surface area contributed by atoms with Gasteiger partial charge in [-0.2, -0.15) is 0 Å². The molecule has 0 bridgehead atoms. The molecule has 10 heteroatoms. The second kappa shape index (κ2) is 11.1. The minimum Gasteiger partial charge on any atom is -0.452 e. The Morgan fingerprint density at radius 2 is 2.03 bits per heavy atom. The van der Waals surface area contributed by atoms with E-state index in [0.29, 0.717) is 22.5 Å². The van der Waals surface area contributed by atoms with Crippen molar-refractivity contribution in [1.29, 1.82) is 0 Å². The Morgan fingerprint density at radius 3 is 2.75 bits per heavy atom. The summed E-state index contributed by atoms with van der Waals surface area (Å²) in [5.41, 5.74) is 1.97. The second-order valence-corrected chi connectivity index (χ2v) is 8.88. The number of hydrogen-bond donors (Lipinski definition) is 2. The molecule has 3 rings (SSSR count). The molecule has 1 fully saturated rings. The van der Waals surface area contributed by atoms with Crippen molar-refractivity contribution in [2.45, 2.75) is 63.3 Å². The third kappa shape index (κ3) is 6.32. The molecule has 2 heterocycles. The summed E-state index contributed by atoms with van der Waals surface area (Å²) in [7, 11) is 0. The summed E-state index contributed by atoms with van der Waals surface area (Å²) in [5, 5.41) is 9.45. The fraction of sp³-hybridized carbons (Fsp3) is 0.500. The van der Waals surface area contributed by atoms with Crippen molar-refractivity contribution < 1.29 is 23.6 Å². The SMILES string of the molecule is Cc1noc(C)c1CSc1ncccc1C(=O)OCC(=O)NC(=O)NC1CCCCC1C. The largest absolute Gasteiger partial charge is 0.452 e. The van der Waals surface area contributed by atoms with Gasteiger partial charge >= 0.3 is 12.0 Å². The predicted molar refractivity (Wildman–Crippen MR) is 118 cm³/mol. The topological polar surface area (TPSA) is 123 Å². The van der Waals surface area contributed by atoms with Crippen molar-refractivity contribution >= 4 is 29.7 Å². The van der Waals surface area contributed by atoms with Gasteiger partial charge in [0.2, 0.25) is 0 Å². The van der Waals surface area contributed by atoms with Crippen molar-refractivity contribution in [3.63, 3.8) is 0 Å². The number of esters is 1. The van der Waals surface area contributed by atoms with Crippen LogP contribution >= 0.6 is 11.8 Å². The summed E-state index contributed by atoms with van der Waals surface area (Å²) in [5.74, 6) is 0.240. The number of aryl methyl sites for hydroxylation is 2. The first-order valence-corrected chi connectivity index (χ1v) is 11.6. The van der Waals surface area contributed by atoms with Crippen LogP contribution in [-0.4, -0.2) is 40.7 Å². The number of nitrogens with one attached hydrogen (secondary N) is 2. The number of imide groups is 1. The van der Waals surface area contributed by atoms with E-state index >= 15 is 0 Å². The molecular weight excluding hydrogens is 432 g/mol. The highest BCUT2D eigenvalue weighted by Gasteiger charge is 2.24. The molecule has 0 aromatic carbocycles. The molecule has 0 saturated heterocycles. The van der Waals surface area contributed by atoms with Crippen molar-refractivity contribution in [2.24, 2.45) is 5.92 Å². The molecule has 2 aromatic heterocycles. The predicted octanol–water partition coefficient (Wildman–Crippen LogP) is 3.54. The van der Waals surface area contributed by atoms with Crippen LogP contribution in [0.25, 0.3) is 0 Å². The number of carbonyl (C=O) groups excluding carboxylic acids is 3. The number of aromatic nitrogens is 2. The number of pyridine rings is 1. The lowest BCUT2D eigenvalue weighted by atomic mass is 9.86. The molecule has 2 unspecified atom stereocenters. The first-order valence-electron chi connectivity index (χ1n) is 10.6. The molecule has 0 radical (unpaired) electrons. The van der Waals surface area contributed by atoms with E-state index in [1.54, 1.807) is 18.3 Å². The number of carbonyl (C=O) groups is 3. The molecule has 2 atom stereocenters. The van der Waals surface area contributed by atoms with Crippen LogP contribution in [0.4, 0.5) is 4.79 Å². The number of urea groups is 1. The lowest BCUT2D eigenvalue weighted by molar-refractivity contribution is -0.123. The van der Waals surface area contributed by atoms with Crippen molar-refractivity contribution in [3.8, 4) is 0 Å². The third-order valence-corrected chi connectivity index (χ3v) is 6.57. The molecule has 172 valence electrons. The zero-order chi connectivity index (χ0) is 23.1. The van der Waals surface area contributed by atoms with Crippen LogP contribution in [0.1, 0.15) is 60.0 Å². The normalized spacial score (nSPS) is 18.1. The van der Waals surface area contributed by atoms with Crippen LogP contribution in [0.5, 0.6) is 0 Å². The molecule has 1 aliphatic carbocycles. The number of nitrogens with zero attached hydrogens (tertiary/aromatic N) is 2. The van der Waals surface area contributed by atoms with Gasteiger partial charge in [0.1, 0.15) is 10.8 Å². The van der Waals surface area contributed by atoms with E-state index < -0.39 is 24.5 Å². The summed E-state index contributed by atoms with van der Waals surface area (Å²) in [6.07, 6.45) is 5.74. The van der Waals surface area contributed by atoms with Gasteiger partial charge in [-0.05, 0) is 44.7 Å². The summed E-state index contributed by atoms with van der Waals surface area (Å²) < 4.78 is 10.3. The Labute approximate surface area is 191 Å². The third-order valence-electron chi connectivity index (χ3n) is 5.54. The van der Waals surface area contributed by atoms with Gasteiger partial charge in [0.05, 0.1) is 11.3 Å². The number of ether oxygens (including phenoxy) is 1. The van der Waals surface area contributed by atoms with Crippen LogP contribution in [0.15, 0.2) is 27.9 Å². The van der Waals surface area contributed by atoms with E-state index in [2.05, 4.69) is 27.7 Å². The van der Waals surface area contributed by atoms with Gasteiger partial charge in [0, 0.05) is 23.6 Å². The van der Waals surface area contributed by atoms with E-state index in [0.717, 1.165) is 36.9 Å². The highest BCUT2D eigenvalue weighted by atomic mass is 32.2. The monoisotopic (exact) mass is 460 g/mol. The van der Waals surface area contributed by atoms with Crippen LogP contribution in [0.3, 0.4) is 0 Å². The number of hydrogen-bond acceptors (Lipinski definition) is 8. The Hall–Kier alpha value is -2.88. The summed E-state index contributed by atoms with van der Waals surface area (Å²) >= 11 is 1.35. The van der Waals surface area contributed by atoms with Crippen molar-refractivity contribution in [1.82, 2.24) is 20.8 Å². The fourth-order valence-electron chi connectivity index (χ4n) is 3.62. The summed E-state index contributed by atoms with van der Waals surface area (Å²) in [6, 6.07) is 2.68. The van der Waals surface area contributed by atoms with Gasteiger partial charge < -0.3 is 14.6 Å². The molecule has 0 aliphatic heterocycles. The van der Waals surface area contributed by atoms with E-state index in [9.17, 15) is 14.4 Å². The van der Waals surface area contributed by atoms with Gasteiger partial charge in [-0.15, -0.1) is 11.8 Å². The van der Waals surface area contributed by atoms with E-state index in [-0.39, 0.29) is 11.6 Å². The highest BCUT2D eigenvalue weighted by molar-refractivity contribution is 7.98. The molecule has 3 amide bonds. The molecular formula is C22H28N4O5S. The van der Waals surface area contributed by atoms with Crippen LogP contribution < -0.4 is 10.6 Å². The Balaban J connectivity index is 1.50.